The van der Waals surface area contributed by atoms with Crippen LogP contribution in [-0.4, -0.2) is 13.6 Å². The number of rotatable bonds is 3. The molecule has 4 heteroatoms. The van der Waals surface area contributed by atoms with Gasteiger partial charge in [0.05, 0.1) is 16.4 Å². The van der Waals surface area contributed by atoms with Crippen LogP contribution in [0.3, 0.4) is 0 Å². The van der Waals surface area contributed by atoms with Gasteiger partial charge >= 0.3 is 0 Å². The molecule has 0 radical (unpaired) electrons. The fourth-order valence-corrected chi connectivity index (χ4v) is 2.77. The lowest BCUT2D eigenvalue weighted by molar-refractivity contribution is 0.539. The van der Waals surface area contributed by atoms with Gasteiger partial charge in [-0.15, -0.1) is 0 Å². The first-order chi connectivity index (χ1) is 8.09. The van der Waals surface area contributed by atoms with Gasteiger partial charge in [-0.25, -0.2) is 4.39 Å². The lowest BCUT2D eigenvalue weighted by atomic mass is 10.1. The van der Waals surface area contributed by atoms with Crippen LogP contribution >= 0.6 is 11.6 Å². The maximum absolute atomic E-state index is 13.9. The Balaban J connectivity index is 2.17. The van der Waals surface area contributed by atoms with E-state index in [-0.39, 0.29) is 5.02 Å². The molecule has 0 spiro atoms. The number of halogens is 2. The summed E-state index contributed by atoms with van der Waals surface area (Å²) in [4.78, 5) is 1.90. The van der Waals surface area contributed by atoms with Crippen molar-refractivity contribution in [3.8, 4) is 0 Å². The SMILES string of the molecule is CN(CC1CCCC1)c1c(N)ccc(Cl)c1F. The van der Waals surface area contributed by atoms with Gasteiger partial charge in [0.15, 0.2) is 5.82 Å². The molecule has 2 N–H and O–H groups in total. The molecule has 0 atom stereocenters. The fraction of sp³-hybridized carbons (Fsp3) is 0.538. The van der Waals surface area contributed by atoms with Crippen LogP contribution in [0.15, 0.2) is 12.1 Å². The third-order valence-corrected chi connectivity index (χ3v) is 3.78. The number of nitrogen functional groups attached to an aromatic ring is 1. The number of nitrogens with zero attached hydrogens (tertiary/aromatic N) is 1. The largest absolute Gasteiger partial charge is 0.397 e. The summed E-state index contributed by atoms with van der Waals surface area (Å²) in [7, 11) is 1.88. The molecule has 0 saturated heterocycles. The summed E-state index contributed by atoms with van der Waals surface area (Å²) in [6, 6.07) is 3.16. The minimum Gasteiger partial charge on any atom is -0.397 e. The molecule has 0 heterocycles. The van der Waals surface area contributed by atoms with Crippen LogP contribution in [0.2, 0.25) is 5.02 Å². The molecule has 0 unspecified atom stereocenters. The van der Waals surface area contributed by atoms with Crippen LogP contribution in [0, 0.1) is 11.7 Å². The van der Waals surface area contributed by atoms with E-state index in [0.29, 0.717) is 17.3 Å². The molecule has 94 valence electrons. The van der Waals surface area contributed by atoms with Crippen molar-refractivity contribution >= 4 is 23.0 Å². The Morgan fingerprint density at radius 1 is 1.41 bits per heavy atom. The van der Waals surface area contributed by atoms with Gasteiger partial charge in [0.1, 0.15) is 0 Å². The van der Waals surface area contributed by atoms with Crippen molar-refractivity contribution in [1.82, 2.24) is 0 Å². The predicted octanol–water partition coefficient (Wildman–Crippen LogP) is 3.69. The van der Waals surface area contributed by atoms with E-state index in [4.69, 9.17) is 17.3 Å². The van der Waals surface area contributed by atoms with Crippen molar-refractivity contribution < 1.29 is 4.39 Å². The third-order valence-electron chi connectivity index (χ3n) is 3.49. The quantitative estimate of drug-likeness (QED) is 0.836. The van der Waals surface area contributed by atoms with Gasteiger partial charge in [0.25, 0.3) is 0 Å². The maximum atomic E-state index is 13.9. The predicted molar refractivity (Wildman–Crippen MR) is 71.1 cm³/mol. The minimum absolute atomic E-state index is 0.132. The molecule has 1 aliphatic rings. The smallest absolute Gasteiger partial charge is 0.167 e. The lowest BCUT2D eigenvalue weighted by Crippen LogP contribution is -2.25. The van der Waals surface area contributed by atoms with Gasteiger partial charge in [-0.3, -0.25) is 0 Å². The normalized spacial score (nSPS) is 16.4. The van der Waals surface area contributed by atoms with Crippen LogP contribution in [0.4, 0.5) is 15.8 Å². The van der Waals surface area contributed by atoms with E-state index in [1.807, 2.05) is 11.9 Å². The number of hydrogen-bond acceptors (Lipinski definition) is 2. The second-order valence-electron chi connectivity index (χ2n) is 4.83. The molecule has 0 aliphatic heterocycles. The van der Waals surface area contributed by atoms with Gasteiger partial charge in [0, 0.05) is 13.6 Å². The van der Waals surface area contributed by atoms with Crippen molar-refractivity contribution in [2.45, 2.75) is 25.7 Å². The second-order valence-corrected chi connectivity index (χ2v) is 5.24. The fourth-order valence-electron chi connectivity index (χ4n) is 2.61. The van der Waals surface area contributed by atoms with Gasteiger partial charge in [0.2, 0.25) is 0 Å². The molecule has 0 amide bonds. The highest BCUT2D eigenvalue weighted by Gasteiger charge is 2.20. The van der Waals surface area contributed by atoms with Crippen LogP contribution in [-0.2, 0) is 0 Å². The Labute approximate surface area is 107 Å². The highest BCUT2D eigenvalue weighted by atomic mass is 35.5. The Hall–Kier alpha value is -0.960. The monoisotopic (exact) mass is 256 g/mol. The number of nitrogens with two attached hydrogens (primary N) is 1. The van der Waals surface area contributed by atoms with Crippen molar-refractivity contribution in [3.05, 3.63) is 23.0 Å². The van der Waals surface area contributed by atoms with Gasteiger partial charge in [-0.05, 0) is 30.9 Å². The summed E-state index contributed by atoms with van der Waals surface area (Å²) in [5.74, 6) is 0.241. The summed E-state index contributed by atoms with van der Waals surface area (Å²) in [6.07, 6.45) is 5.02. The molecule has 0 aromatic heterocycles. The molecule has 1 aromatic rings. The van der Waals surface area contributed by atoms with E-state index < -0.39 is 5.82 Å². The van der Waals surface area contributed by atoms with E-state index in [9.17, 15) is 4.39 Å². The molecule has 1 saturated carbocycles. The van der Waals surface area contributed by atoms with Gasteiger partial charge in [-0.1, -0.05) is 24.4 Å². The Kier molecular flexibility index (Phi) is 3.77. The molecule has 1 aliphatic carbocycles. The Morgan fingerprint density at radius 3 is 2.71 bits per heavy atom. The molecule has 2 rings (SSSR count). The standard InChI is InChI=1S/C13H18ClFN2/c1-17(8-9-4-2-3-5-9)13-11(16)7-6-10(14)12(13)15/h6-7,9H,2-5,8,16H2,1H3. The van der Waals surface area contributed by atoms with Gasteiger partial charge in [-0.2, -0.15) is 0 Å². The van der Waals surface area contributed by atoms with Crippen molar-refractivity contribution in [1.29, 1.82) is 0 Å². The zero-order valence-corrected chi connectivity index (χ0v) is 10.8. The molecular weight excluding hydrogens is 239 g/mol. The highest BCUT2D eigenvalue weighted by molar-refractivity contribution is 6.31. The average Bonchev–Trinajstić information content (AvgIpc) is 2.77. The van der Waals surface area contributed by atoms with E-state index in [2.05, 4.69) is 0 Å². The second kappa shape index (κ2) is 5.13. The molecular formula is C13H18ClFN2. The lowest BCUT2D eigenvalue weighted by Gasteiger charge is -2.25. The van der Waals surface area contributed by atoms with E-state index in [1.54, 1.807) is 6.07 Å². The van der Waals surface area contributed by atoms with Crippen molar-refractivity contribution in [2.75, 3.05) is 24.2 Å². The summed E-state index contributed by atoms with van der Waals surface area (Å²) in [6.45, 7) is 0.849. The summed E-state index contributed by atoms with van der Waals surface area (Å²) < 4.78 is 13.9. The Morgan fingerprint density at radius 2 is 2.06 bits per heavy atom. The molecule has 1 aromatic carbocycles. The first kappa shape index (κ1) is 12.5. The zero-order chi connectivity index (χ0) is 12.4. The number of anilines is 2. The van der Waals surface area contributed by atoms with Crippen molar-refractivity contribution in [3.63, 3.8) is 0 Å². The highest BCUT2D eigenvalue weighted by Crippen LogP contribution is 2.33. The topological polar surface area (TPSA) is 29.3 Å². The number of benzene rings is 1. The first-order valence-corrected chi connectivity index (χ1v) is 6.42. The van der Waals surface area contributed by atoms with E-state index >= 15 is 0 Å². The molecule has 0 bridgehead atoms. The Bertz CT molecular complexity index is 403. The van der Waals surface area contributed by atoms with Crippen LogP contribution in [0.25, 0.3) is 0 Å². The average molecular weight is 257 g/mol. The maximum Gasteiger partial charge on any atom is 0.167 e. The minimum atomic E-state index is -0.410. The van der Waals surface area contributed by atoms with E-state index in [0.717, 1.165) is 6.54 Å². The van der Waals surface area contributed by atoms with E-state index in [1.165, 1.54) is 31.7 Å². The summed E-state index contributed by atoms with van der Waals surface area (Å²) in [5.41, 5.74) is 6.71. The third kappa shape index (κ3) is 2.65. The van der Waals surface area contributed by atoms with Crippen LogP contribution in [0.1, 0.15) is 25.7 Å². The van der Waals surface area contributed by atoms with Gasteiger partial charge < -0.3 is 10.6 Å². The molecule has 17 heavy (non-hydrogen) atoms. The summed E-state index contributed by atoms with van der Waals surface area (Å²) >= 11 is 5.79. The summed E-state index contributed by atoms with van der Waals surface area (Å²) in [5, 5.41) is 0.132. The van der Waals surface area contributed by atoms with Crippen LogP contribution in [0.5, 0.6) is 0 Å². The number of hydrogen-bond donors (Lipinski definition) is 1. The molecule has 1 fully saturated rings. The van der Waals surface area contributed by atoms with Crippen LogP contribution < -0.4 is 10.6 Å². The molecule has 2 nitrogen and oxygen atoms in total. The van der Waals surface area contributed by atoms with Crippen molar-refractivity contribution in [2.24, 2.45) is 5.92 Å². The zero-order valence-electron chi connectivity index (χ0n) is 10.0. The first-order valence-electron chi connectivity index (χ1n) is 6.04.